The number of nitrogens with one attached hydrogen (secondary N) is 2. The summed E-state index contributed by atoms with van der Waals surface area (Å²) in [5, 5.41) is 14.0. The van der Waals surface area contributed by atoms with E-state index in [4.69, 9.17) is 19.3 Å². The number of carboxylic acids is 1. The maximum Gasteiger partial charge on any atom is 0.408 e. The summed E-state index contributed by atoms with van der Waals surface area (Å²) in [6.07, 6.45) is 1.76. The zero-order valence-electron chi connectivity index (χ0n) is 17.4. The Balaban J connectivity index is 2.02. The van der Waals surface area contributed by atoms with Crippen molar-refractivity contribution in [1.82, 2.24) is 5.32 Å². The summed E-state index contributed by atoms with van der Waals surface area (Å²) in [6.45, 7) is 6.74. The summed E-state index contributed by atoms with van der Waals surface area (Å²) in [7, 11) is -1.36. The molecule has 3 N–H and O–H groups in total. The molecule has 0 spiro atoms. The molecular weight excluding hydrogens is 408 g/mol. The molecule has 1 fully saturated rings. The van der Waals surface area contributed by atoms with Crippen molar-refractivity contribution in [2.24, 2.45) is 0 Å². The van der Waals surface area contributed by atoms with Crippen LogP contribution in [0.2, 0.25) is 25.7 Å². The molecule has 1 heterocycles. The first kappa shape index (κ1) is 23.6. The van der Waals surface area contributed by atoms with E-state index in [2.05, 4.69) is 30.3 Å². The van der Waals surface area contributed by atoms with Gasteiger partial charge in [0.1, 0.15) is 6.79 Å². The number of carbonyl (C=O) groups is 3. The molecule has 1 aliphatic rings. The van der Waals surface area contributed by atoms with Gasteiger partial charge in [-0.3, -0.25) is 4.79 Å². The van der Waals surface area contributed by atoms with E-state index in [9.17, 15) is 14.4 Å². The van der Waals surface area contributed by atoms with Gasteiger partial charge in [-0.25, -0.2) is 9.59 Å². The Bertz CT molecular complexity index is 781. The van der Waals surface area contributed by atoms with E-state index in [1.54, 1.807) is 24.3 Å². The minimum absolute atomic E-state index is 0.0337. The Labute approximate surface area is 176 Å². The second-order valence-corrected chi connectivity index (χ2v) is 13.8. The van der Waals surface area contributed by atoms with E-state index in [0.717, 1.165) is 12.1 Å². The third kappa shape index (κ3) is 7.62. The fraction of sp³-hybridized carbons (Fsp3) is 0.450. The molecule has 164 valence electrons. The monoisotopic (exact) mass is 436 g/mol. The first-order chi connectivity index (χ1) is 14.1. The number of rotatable bonds is 8. The molecule has 2 rings (SSSR count). The van der Waals surface area contributed by atoms with Gasteiger partial charge < -0.3 is 30.0 Å². The molecule has 0 bridgehead atoms. The van der Waals surface area contributed by atoms with Crippen LogP contribution < -0.4 is 10.6 Å². The molecule has 0 atom stereocenters. The zero-order valence-corrected chi connectivity index (χ0v) is 18.4. The molecule has 1 aromatic carbocycles. The Kier molecular flexibility index (Phi) is 8.15. The lowest BCUT2D eigenvalue weighted by atomic mass is 10.00. The molecule has 1 aromatic rings. The maximum atomic E-state index is 12.9. The molecule has 0 aliphatic carbocycles. The lowest BCUT2D eigenvalue weighted by Crippen LogP contribution is -2.64. The number of carboxylic acid groups (broad SMARTS) is 1. The van der Waals surface area contributed by atoms with Crippen LogP contribution in [0.4, 0.5) is 10.5 Å². The molecule has 0 radical (unpaired) electrons. The highest BCUT2D eigenvalue weighted by Gasteiger charge is 2.43. The van der Waals surface area contributed by atoms with Gasteiger partial charge in [0.05, 0.1) is 19.8 Å². The zero-order chi connectivity index (χ0) is 22.2. The van der Waals surface area contributed by atoms with Crippen LogP contribution in [0.3, 0.4) is 0 Å². The van der Waals surface area contributed by atoms with Crippen molar-refractivity contribution in [2.75, 3.05) is 31.9 Å². The fourth-order valence-corrected chi connectivity index (χ4v) is 3.28. The van der Waals surface area contributed by atoms with Crippen LogP contribution >= 0.6 is 0 Å². The van der Waals surface area contributed by atoms with Crippen LogP contribution in [0, 0.1) is 0 Å². The van der Waals surface area contributed by atoms with Crippen molar-refractivity contribution < 1.29 is 33.7 Å². The molecule has 10 heteroatoms. The number of benzene rings is 1. The van der Waals surface area contributed by atoms with Crippen LogP contribution in [-0.2, 0) is 23.8 Å². The van der Waals surface area contributed by atoms with Crippen LogP contribution in [0.1, 0.15) is 5.56 Å². The molecule has 0 saturated carbocycles. The standard InChI is InChI=1S/C20H28N2O7Si/c1-30(2,3)11-10-29-19(26)22-20(12-27-14-28-13-20)18(25)21-16-7-4-15(5-8-16)6-9-17(23)24/h4-9H,10-14H2,1-3H3,(H,21,25)(H,22,26)(H,23,24)/b9-6+. The number of hydrogen-bond donors (Lipinski definition) is 3. The summed E-state index contributed by atoms with van der Waals surface area (Å²) >= 11 is 0. The van der Waals surface area contributed by atoms with E-state index in [-0.39, 0.29) is 26.6 Å². The minimum atomic E-state index is -1.42. The summed E-state index contributed by atoms with van der Waals surface area (Å²) in [4.78, 5) is 35.8. The molecule has 0 aromatic heterocycles. The third-order valence-corrected chi connectivity index (χ3v) is 6.02. The van der Waals surface area contributed by atoms with Crippen molar-refractivity contribution in [3.8, 4) is 0 Å². The van der Waals surface area contributed by atoms with Gasteiger partial charge in [0, 0.05) is 19.8 Å². The van der Waals surface area contributed by atoms with Crippen LogP contribution in [0.15, 0.2) is 30.3 Å². The topological polar surface area (TPSA) is 123 Å². The summed E-state index contributed by atoms with van der Waals surface area (Å²) in [5.41, 5.74) is -0.277. The van der Waals surface area contributed by atoms with Gasteiger partial charge in [-0.15, -0.1) is 0 Å². The highest BCUT2D eigenvalue weighted by atomic mass is 28.3. The highest BCUT2D eigenvalue weighted by Crippen LogP contribution is 2.18. The van der Waals surface area contributed by atoms with E-state index in [0.29, 0.717) is 11.3 Å². The van der Waals surface area contributed by atoms with Crippen LogP contribution in [0.25, 0.3) is 6.08 Å². The number of aliphatic carboxylic acids is 1. The van der Waals surface area contributed by atoms with Gasteiger partial charge in [-0.1, -0.05) is 31.8 Å². The fourth-order valence-electron chi connectivity index (χ4n) is 2.57. The molecule has 1 aliphatic heterocycles. The molecule has 30 heavy (non-hydrogen) atoms. The van der Waals surface area contributed by atoms with Crippen molar-refractivity contribution in [1.29, 1.82) is 0 Å². The van der Waals surface area contributed by atoms with E-state index < -0.39 is 31.6 Å². The summed E-state index contributed by atoms with van der Waals surface area (Å²) in [6, 6.07) is 7.39. The quantitative estimate of drug-likeness (QED) is 0.423. The third-order valence-electron chi connectivity index (χ3n) is 4.31. The normalized spacial score (nSPS) is 16.1. The average molecular weight is 437 g/mol. The summed E-state index contributed by atoms with van der Waals surface area (Å²) < 4.78 is 15.8. The Morgan fingerprint density at radius 1 is 1.17 bits per heavy atom. The van der Waals surface area contributed by atoms with Gasteiger partial charge in [0.25, 0.3) is 5.91 Å². The van der Waals surface area contributed by atoms with E-state index in [1.165, 1.54) is 6.08 Å². The number of anilines is 1. The molecule has 0 unspecified atom stereocenters. The van der Waals surface area contributed by atoms with Crippen molar-refractivity contribution in [2.45, 2.75) is 31.2 Å². The van der Waals surface area contributed by atoms with E-state index >= 15 is 0 Å². The van der Waals surface area contributed by atoms with Crippen molar-refractivity contribution in [3.63, 3.8) is 0 Å². The predicted octanol–water partition coefficient (Wildman–Crippen LogP) is 2.53. The molecule has 1 saturated heterocycles. The van der Waals surface area contributed by atoms with Gasteiger partial charge in [0.15, 0.2) is 5.54 Å². The first-order valence-electron chi connectivity index (χ1n) is 9.53. The van der Waals surface area contributed by atoms with Crippen molar-refractivity contribution >= 4 is 37.8 Å². The lowest BCUT2D eigenvalue weighted by molar-refractivity contribution is -0.158. The SMILES string of the molecule is C[Si](C)(C)CCOC(=O)NC1(C(=O)Nc2ccc(/C=C/C(=O)O)cc2)COCOC1. The second kappa shape index (κ2) is 10.4. The van der Waals surface area contributed by atoms with Gasteiger partial charge in [0.2, 0.25) is 0 Å². The molecule has 9 nitrogen and oxygen atoms in total. The number of amides is 2. The largest absolute Gasteiger partial charge is 0.478 e. The Hall–Kier alpha value is -2.69. The highest BCUT2D eigenvalue weighted by molar-refractivity contribution is 6.76. The second-order valence-electron chi connectivity index (χ2n) is 8.22. The van der Waals surface area contributed by atoms with Crippen molar-refractivity contribution in [3.05, 3.63) is 35.9 Å². The maximum absolute atomic E-state index is 12.9. The predicted molar refractivity (Wildman–Crippen MR) is 114 cm³/mol. The number of ether oxygens (including phenoxy) is 3. The summed E-state index contributed by atoms with van der Waals surface area (Å²) in [5.74, 6) is -1.55. The van der Waals surface area contributed by atoms with Gasteiger partial charge in [-0.05, 0) is 29.8 Å². The number of alkyl carbamates (subject to hydrolysis) is 1. The van der Waals surface area contributed by atoms with Gasteiger partial charge in [-0.2, -0.15) is 0 Å². The van der Waals surface area contributed by atoms with Gasteiger partial charge >= 0.3 is 12.1 Å². The first-order valence-corrected chi connectivity index (χ1v) is 13.2. The molecular formula is C20H28N2O7Si. The average Bonchev–Trinajstić information content (AvgIpc) is 2.67. The lowest BCUT2D eigenvalue weighted by Gasteiger charge is -2.35. The minimum Gasteiger partial charge on any atom is -0.478 e. The Morgan fingerprint density at radius 2 is 1.80 bits per heavy atom. The number of hydrogen-bond acceptors (Lipinski definition) is 6. The Morgan fingerprint density at radius 3 is 2.37 bits per heavy atom. The smallest absolute Gasteiger partial charge is 0.408 e. The van der Waals surface area contributed by atoms with Crippen LogP contribution in [-0.4, -0.2) is 63.3 Å². The number of carbonyl (C=O) groups excluding carboxylic acids is 2. The molecule has 2 amide bonds. The van der Waals surface area contributed by atoms with E-state index in [1.807, 2.05) is 0 Å². The van der Waals surface area contributed by atoms with Crippen LogP contribution in [0.5, 0.6) is 0 Å².